The first kappa shape index (κ1) is 9.69. The van der Waals surface area contributed by atoms with Gasteiger partial charge in [0.15, 0.2) is 0 Å². The molecule has 76 valence electrons. The first-order valence-corrected chi connectivity index (χ1v) is 5.42. The monoisotopic (exact) mass is 190 g/mol. The van der Waals surface area contributed by atoms with E-state index in [2.05, 4.69) is 35.8 Å². The molecule has 0 unspecified atom stereocenters. The summed E-state index contributed by atoms with van der Waals surface area (Å²) in [6.45, 7) is 6.38. The fourth-order valence-electron chi connectivity index (χ4n) is 1.91. The number of benzene rings is 1. The van der Waals surface area contributed by atoms with Crippen LogP contribution in [0, 0.1) is 0 Å². The lowest BCUT2D eigenvalue weighted by Gasteiger charge is -2.04. The average Bonchev–Trinajstić information content (AvgIpc) is 2.65. The van der Waals surface area contributed by atoms with Gasteiger partial charge in [0.05, 0.1) is 0 Å². The Hall–Kier alpha value is -0.860. The predicted molar refractivity (Wildman–Crippen MR) is 59.2 cm³/mol. The summed E-state index contributed by atoms with van der Waals surface area (Å²) >= 11 is 0. The van der Waals surface area contributed by atoms with E-state index in [0.717, 1.165) is 32.6 Å². The molecular weight excluding hydrogens is 172 g/mol. The van der Waals surface area contributed by atoms with Gasteiger partial charge < -0.3 is 10.6 Å². The minimum atomic E-state index is 1.04. The second-order valence-electron chi connectivity index (χ2n) is 3.81. The van der Waals surface area contributed by atoms with Gasteiger partial charge in [-0.15, -0.1) is 0 Å². The Morgan fingerprint density at radius 2 is 2.14 bits per heavy atom. The molecule has 0 saturated carbocycles. The minimum Gasteiger partial charge on any atom is -0.317 e. The van der Waals surface area contributed by atoms with Crippen LogP contribution in [0.15, 0.2) is 18.2 Å². The van der Waals surface area contributed by atoms with E-state index >= 15 is 0 Å². The molecule has 2 N–H and O–H groups in total. The third kappa shape index (κ3) is 2.14. The van der Waals surface area contributed by atoms with Crippen molar-refractivity contribution >= 4 is 0 Å². The van der Waals surface area contributed by atoms with Crippen molar-refractivity contribution in [2.75, 3.05) is 13.1 Å². The molecule has 14 heavy (non-hydrogen) atoms. The third-order valence-corrected chi connectivity index (χ3v) is 2.74. The van der Waals surface area contributed by atoms with Crippen molar-refractivity contribution in [1.82, 2.24) is 10.6 Å². The van der Waals surface area contributed by atoms with Gasteiger partial charge >= 0.3 is 0 Å². The van der Waals surface area contributed by atoms with Crippen LogP contribution in [0.5, 0.6) is 0 Å². The molecule has 0 aliphatic carbocycles. The number of hydrogen-bond acceptors (Lipinski definition) is 2. The van der Waals surface area contributed by atoms with E-state index in [1.807, 2.05) is 0 Å². The number of rotatable bonds is 4. The fourth-order valence-corrected chi connectivity index (χ4v) is 1.91. The topological polar surface area (TPSA) is 24.1 Å². The molecule has 2 heteroatoms. The van der Waals surface area contributed by atoms with Gasteiger partial charge in [-0.2, -0.15) is 0 Å². The maximum atomic E-state index is 3.37. The molecule has 2 nitrogen and oxygen atoms in total. The maximum Gasteiger partial charge on any atom is 0.0212 e. The Kier molecular flexibility index (Phi) is 3.17. The number of fused-ring (bicyclic) bond motifs is 1. The summed E-state index contributed by atoms with van der Waals surface area (Å²) < 4.78 is 0. The molecule has 1 aliphatic heterocycles. The molecule has 0 spiro atoms. The van der Waals surface area contributed by atoms with E-state index in [1.165, 1.54) is 16.7 Å². The van der Waals surface area contributed by atoms with Gasteiger partial charge in [-0.3, -0.25) is 0 Å². The van der Waals surface area contributed by atoms with Gasteiger partial charge in [0, 0.05) is 13.1 Å². The quantitative estimate of drug-likeness (QED) is 0.702. The van der Waals surface area contributed by atoms with Gasteiger partial charge in [-0.05, 0) is 36.2 Å². The van der Waals surface area contributed by atoms with Crippen molar-refractivity contribution in [2.45, 2.75) is 26.4 Å². The van der Waals surface area contributed by atoms with Crippen LogP contribution < -0.4 is 10.6 Å². The molecule has 1 aromatic rings. The molecule has 0 atom stereocenters. The average molecular weight is 190 g/mol. The van der Waals surface area contributed by atoms with Gasteiger partial charge in [0.1, 0.15) is 0 Å². The summed E-state index contributed by atoms with van der Waals surface area (Å²) in [6.07, 6.45) is 1.14. The highest BCUT2D eigenvalue weighted by molar-refractivity contribution is 5.34. The lowest BCUT2D eigenvalue weighted by atomic mass is 10.0. The Labute approximate surface area is 85.7 Å². The normalized spacial score (nSPS) is 14.4. The van der Waals surface area contributed by atoms with Crippen molar-refractivity contribution in [1.29, 1.82) is 0 Å². The van der Waals surface area contributed by atoms with Crippen molar-refractivity contribution in [3.63, 3.8) is 0 Å². The first-order chi connectivity index (χ1) is 6.90. The highest BCUT2D eigenvalue weighted by atomic mass is 14.9. The largest absolute Gasteiger partial charge is 0.317 e. The SMILES string of the molecule is CCNCCc1ccc2c(c1)CNC2. The third-order valence-electron chi connectivity index (χ3n) is 2.74. The maximum absolute atomic E-state index is 3.37. The van der Waals surface area contributed by atoms with Crippen LogP contribution in [0.25, 0.3) is 0 Å². The van der Waals surface area contributed by atoms with Crippen molar-refractivity contribution in [3.05, 3.63) is 34.9 Å². The molecule has 0 radical (unpaired) electrons. The second kappa shape index (κ2) is 4.58. The first-order valence-electron chi connectivity index (χ1n) is 5.42. The van der Waals surface area contributed by atoms with Crippen molar-refractivity contribution in [3.8, 4) is 0 Å². The molecule has 0 fully saturated rings. The predicted octanol–water partition coefficient (Wildman–Crippen LogP) is 1.44. The molecule has 0 bridgehead atoms. The number of nitrogens with one attached hydrogen (secondary N) is 2. The summed E-state index contributed by atoms with van der Waals surface area (Å²) in [7, 11) is 0. The summed E-state index contributed by atoms with van der Waals surface area (Å²) in [5.41, 5.74) is 4.41. The van der Waals surface area contributed by atoms with E-state index in [4.69, 9.17) is 0 Å². The van der Waals surface area contributed by atoms with Crippen LogP contribution >= 0.6 is 0 Å². The Bertz CT molecular complexity index is 307. The van der Waals surface area contributed by atoms with Crippen LogP contribution in [0.4, 0.5) is 0 Å². The highest BCUT2D eigenvalue weighted by Gasteiger charge is 2.09. The lowest BCUT2D eigenvalue weighted by Crippen LogP contribution is -2.16. The molecular formula is C12H18N2. The summed E-state index contributed by atoms with van der Waals surface area (Å²) in [4.78, 5) is 0. The van der Waals surface area contributed by atoms with Gasteiger partial charge in [-0.25, -0.2) is 0 Å². The lowest BCUT2D eigenvalue weighted by molar-refractivity contribution is 0.716. The van der Waals surface area contributed by atoms with E-state index < -0.39 is 0 Å². The summed E-state index contributed by atoms with van der Waals surface area (Å²) in [5.74, 6) is 0. The molecule has 0 saturated heterocycles. The Morgan fingerprint density at radius 3 is 3.00 bits per heavy atom. The standard InChI is InChI=1S/C12H18N2/c1-2-13-6-5-10-3-4-11-8-14-9-12(11)7-10/h3-4,7,13-14H,2,5-6,8-9H2,1H3. The molecule has 1 heterocycles. The van der Waals surface area contributed by atoms with Crippen LogP contribution in [-0.4, -0.2) is 13.1 Å². The molecule has 1 aliphatic rings. The molecule has 0 aromatic heterocycles. The Morgan fingerprint density at radius 1 is 1.29 bits per heavy atom. The zero-order valence-corrected chi connectivity index (χ0v) is 8.77. The minimum absolute atomic E-state index is 1.04. The Balaban J connectivity index is 1.98. The van der Waals surface area contributed by atoms with E-state index in [9.17, 15) is 0 Å². The fraction of sp³-hybridized carbons (Fsp3) is 0.500. The van der Waals surface area contributed by atoms with E-state index in [0.29, 0.717) is 0 Å². The van der Waals surface area contributed by atoms with Crippen LogP contribution in [0.3, 0.4) is 0 Å². The van der Waals surface area contributed by atoms with E-state index in [1.54, 1.807) is 0 Å². The van der Waals surface area contributed by atoms with Crippen molar-refractivity contribution in [2.24, 2.45) is 0 Å². The zero-order chi connectivity index (χ0) is 9.80. The van der Waals surface area contributed by atoms with Crippen LogP contribution in [0.1, 0.15) is 23.6 Å². The van der Waals surface area contributed by atoms with Gasteiger partial charge in [-0.1, -0.05) is 25.1 Å². The van der Waals surface area contributed by atoms with Gasteiger partial charge in [0.25, 0.3) is 0 Å². The van der Waals surface area contributed by atoms with Crippen molar-refractivity contribution < 1.29 is 0 Å². The number of hydrogen-bond donors (Lipinski definition) is 2. The summed E-state index contributed by atoms with van der Waals surface area (Å²) in [5, 5.41) is 6.72. The van der Waals surface area contributed by atoms with Gasteiger partial charge in [0.2, 0.25) is 0 Å². The molecule has 0 amide bonds. The zero-order valence-electron chi connectivity index (χ0n) is 8.77. The summed E-state index contributed by atoms with van der Waals surface area (Å²) in [6, 6.07) is 6.85. The molecule has 1 aromatic carbocycles. The van der Waals surface area contributed by atoms with E-state index in [-0.39, 0.29) is 0 Å². The van der Waals surface area contributed by atoms with Crippen LogP contribution in [-0.2, 0) is 19.5 Å². The molecule has 2 rings (SSSR count). The second-order valence-corrected chi connectivity index (χ2v) is 3.81. The van der Waals surface area contributed by atoms with Crippen LogP contribution in [0.2, 0.25) is 0 Å². The highest BCUT2D eigenvalue weighted by Crippen LogP contribution is 2.16. The number of likely N-dealkylation sites (N-methyl/N-ethyl adjacent to an activating group) is 1. The smallest absolute Gasteiger partial charge is 0.0212 e.